The van der Waals surface area contributed by atoms with Crippen molar-refractivity contribution in [1.29, 1.82) is 0 Å². The van der Waals surface area contributed by atoms with Gasteiger partial charge in [0.05, 0.1) is 22.6 Å². The zero-order chi connectivity index (χ0) is 28.4. The molecule has 210 valence electrons. The van der Waals surface area contributed by atoms with E-state index in [-0.39, 0.29) is 10.3 Å². The van der Waals surface area contributed by atoms with Gasteiger partial charge >= 0.3 is 0 Å². The lowest BCUT2D eigenvalue weighted by Gasteiger charge is -2.23. The molecule has 0 unspecified atom stereocenters. The van der Waals surface area contributed by atoms with Gasteiger partial charge in [-0.15, -0.1) is 0 Å². The molecule has 1 aliphatic rings. The van der Waals surface area contributed by atoms with Gasteiger partial charge in [-0.25, -0.2) is 23.4 Å². The molecule has 0 bridgehead atoms. The number of hydrogen-bond acceptors (Lipinski definition) is 10. The number of sulfonamides is 1. The van der Waals surface area contributed by atoms with Crippen LogP contribution in [0.15, 0.2) is 71.2 Å². The van der Waals surface area contributed by atoms with Crippen LogP contribution < -0.4 is 20.1 Å². The van der Waals surface area contributed by atoms with E-state index in [1.807, 2.05) is 43.3 Å². The van der Waals surface area contributed by atoms with Crippen LogP contribution in [0, 0.1) is 13.8 Å². The molecule has 4 heterocycles. The summed E-state index contributed by atoms with van der Waals surface area (Å²) in [6.07, 6.45) is 5.56. The predicted molar refractivity (Wildman–Crippen MR) is 161 cm³/mol. The van der Waals surface area contributed by atoms with Gasteiger partial charge in [0.2, 0.25) is 11.8 Å². The maximum absolute atomic E-state index is 13.1. The maximum atomic E-state index is 13.1. The second kappa shape index (κ2) is 11.4. The van der Waals surface area contributed by atoms with E-state index in [4.69, 9.17) is 9.72 Å². The SMILES string of the molecule is Cc1cc(S(=O)(=O)Nc2cccc3c(Oc4ncccc4-c4ccnc(N[C@H]5CCCNC5)n4)c(C)ccc23)sn1. The van der Waals surface area contributed by atoms with Crippen LogP contribution >= 0.6 is 11.5 Å². The van der Waals surface area contributed by atoms with Crippen LogP contribution in [-0.2, 0) is 10.0 Å². The maximum Gasteiger partial charge on any atom is 0.273 e. The topological polar surface area (TPSA) is 131 Å². The quantitative estimate of drug-likeness (QED) is 0.215. The third-order valence-electron chi connectivity index (χ3n) is 6.86. The Morgan fingerprint density at radius 1 is 1.02 bits per heavy atom. The summed E-state index contributed by atoms with van der Waals surface area (Å²) in [5.74, 6) is 1.52. The Morgan fingerprint density at radius 3 is 2.73 bits per heavy atom. The number of piperidine rings is 1. The lowest BCUT2D eigenvalue weighted by atomic mass is 10.0. The van der Waals surface area contributed by atoms with E-state index in [2.05, 4.69) is 29.7 Å². The first kappa shape index (κ1) is 27.1. The largest absolute Gasteiger partial charge is 0.437 e. The second-order valence-corrected chi connectivity index (χ2v) is 12.6. The highest BCUT2D eigenvalue weighted by molar-refractivity contribution is 7.94. The van der Waals surface area contributed by atoms with Crippen molar-refractivity contribution < 1.29 is 13.2 Å². The molecule has 3 N–H and O–H groups in total. The van der Waals surface area contributed by atoms with Gasteiger partial charge < -0.3 is 15.4 Å². The number of hydrogen-bond donors (Lipinski definition) is 3. The monoisotopic (exact) mass is 587 g/mol. The Bertz CT molecular complexity index is 1820. The molecule has 0 saturated carbocycles. The Kier molecular flexibility index (Phi) is 7.52. The van der Waals surface area contributed by atoms with Crippen molar-refractivity contribution in [2.75, 3.05) is 23.1 Å². The molecule has 1 atom stereocenters. The van der Waals surface area contributed by atoms with Gasteiger partial charge in [-0.05, 0) is 80.7 Å². The molecule has 5 aromatic rings. The third kappa shape index (κ3) is 5.85. The van der Waals surface area contributed by atoms with Crippen molar-refractivity contribution in [2.45, 2.75) is 36.9 Å². The van der Waals surface area contributed by atoms with E-state index in [1.54, 1.807) is 37.5 Å². The zero-order valence-electron chi connectivity index (χ0n) is 22.6. The molecule has 10 nitrogen and oxygen atoms in total. The van der Waals surface area contributed by atoms with Gasteiger partial charge in [0.15, 0.2) is 4.21 Å². The molecule has 1 saturated heterocycles. The minimum Gasteiger partial charge on any atom is -0.437 e. The Hall–Kier alpha value is -4.13. The molecule has 41 heavy (non-hydrogen) atoms. The molecule has 0 radical (unpaired) electrons. The van der Waals surface area contributed by atoms with Crippen molar-refractivity contribution >= 4 is 44.0 Å². The smallest absolute Gasteiger partial charge is 0.273 e. The minimum absolute atomic E-state index is 0.159. The molecular weight excluding hydrogens is 558 g/mol. The number of nitrogens with one attached hydrogen (secondary N) is 3. The van der Waals surface area contributed by atoms with Crippen molar-refractivity contribution in [3.8, 4) is 22.9 Å². The number of fused-ring (bicyclic) bond motifs is 1. The number of aryl methyl sites for hydroxylation is 2. The van der Waals surface area contributed by atoms with Crippen LogP contribution in [0.5, 0.6) is 11.6 Å². The molecular formula is C29H29N7O3S2. The fraction of sp³-hybridized carbons (Fsp3) is 0.241. The van der Waals surface area contributed by atoms with Gasteiger partial charge in [0, 0.05) is 35.8 Å². The van der Waals surface area contributed by atoms with Gasteiger partial charge in [-0.3, -0.25) is 4.72 Å². The average Bonchev–Trinajstić information content (AvgIpc) is 3.43. The second-order valence-electron chi connectivity index (χ2n) is 9.92. The van der Waals surface area contributed by atoms with Crippen molar-refractivity contribution in [3.63, 3.8) is 0 Å². The fourth-order valence-electron chi connectivity index (χ4n) is 4.83. The van der Waals surface area contributed by atoms with Crippen molar-refractivity contribution in [3.05, 3.63) is 78.2 Å². The summed E-state index contributed by atoms with van der Waals surface area (Å²) in [4.78, 5) is 13.7. The Balaban J connectivity index is 1.33. The van der Waals surface area contributed by atoms with Crippen LogP contribution in [0.3, 0.4) is 0 Å². The Labute approximate surface area is 242 Å². The molecule has 2 aromatic carbocycles. The van der Waals surface area contributed by atoms with E-state index >= 15 is 0 Å². The first-order valence-electron chi connectivity index (χ1n) is 13.3. The number of pyridine rings is 1. The van der Waals surface area contributed by atoms with E-state index in [1.165, 1.54) is 0 Å². The first-order valence-corrected chi connectivity index (χ1v) is 15.5. The molecule has 1 aliphatic heterocycles. The van der Waals surface area contributed by atoms with Crippen LogP contribution in [0.2, 0.25) is 0 Å². The summed E-state index contributed by atoms with van der Waals surface area (Å²) in [5.41, 5.74) is 3.38. The first-order chi connectivity index (χ1) is 19.9. The lowest BCUT2D eigenvalue weighted by Crippen LogP contribution is -2.38. The molecule has 0 aliphatic carbocycles. The highest BCUT2D eigenvalue weighted by atomic mass is 32.2. The summed E-state index contributed by atoms with van der Waals surface area (Å²) in [7, 11) is -3.79. The van der Waals surface area contributed by atoms with Gasteiger partial charge in [-0.2, -0.15) is 4.37 Å². The molecule has 12 heteroatoms. The summed E-state index contributed by atoms with van der Waals surface area (Å²) in [6, 6.07) is 16.6. The standard InChI is InChI=1S/C29H29N7O3S2/c1-18-10-11-21-22(7-3-9-25(21)36-41(37,38)26-16-19(2)35-40-26)27(18)39-28-23(8-5-14-31-28)24-12-15-32-29(34-24)33-20-6-4-13-30-17-20/h3,5,7-12,14-16,20,30,36H,4,6,13,17H2,1-2H3,(H,32,33,34)/t20-/m0/s1. The molecule has 6 rings (SSSR count). The zero-order valence-corrected chi connectivity index (χ0v) is 24.2. The van der Waals surface area contributed by atoms with E-state index in [0.717, 1.165) is 48.4 Å². The summed E-state index contributed by atoms with van der Waals surface area (Å²) >= 11 is 0.947. The normalized spacial score (nSPS) is 15.5. The molecule has 1 fully saturated rings. The fourth-order valence-corrected chi connectivity index (χ4v) is 6.86. The van der Waals surface area contributed by atoms with Crippen LogP contribution in [0.4, 0.5) is 11.6 Å². The highest BCUT2D eigenvalue weighted by Crippen LogP contribution is 2.39. The number of rotatable bonds is 8. The highest BCUT2D eigenvalue weighted by Gasteiger charge is 2.21. The summed E-state index contributed by atoms with van der Waals surface area (Å²) < 4.78 is 39.6. The van der Waals surface area contributed by atoms with Gasteiger partial charge in [0.1, 0.15) is 5.75 Å². The number of ether oxygens (including phenoxy) is 1. The number of nitrogens with zero attached hydrogens (tertiary/aromatic N) is 4. The summed E-state index contributed by atoms with van der Waals surface area (Å²) in [5, 5.41) is 8.27. The van der Waals surface area contributed by atoms with Gasteiger partial charge in [0.25, 0.3) is 10.0 Å². The minimum atomic E-state index is -3.79. The van der Waals surface area contributed by atoms with Crippen molar-refractivity contribution in [1.82, 2.24) is 24.6 Å². The molecule has 0 spiro atoms. The van der Waals surface area contributed by atoms with E-state index in [9.17, 15) is 8.42 Å². The van der Waals surface area contributed by atoms with E-state index in [0.29, 0.717) is 45.6 Å². The predicted octanol–water partition coefficient (Wildman–Crippen LogP) is 5.52. The molecule has 0 amide bonds. The number of anilines is 2. The van der Waals surface area contributed by atoms with Crippen LogP contribution in [0.1, 0.15) is 24.1 Å². The van der Waals surface area contributed by atoms with Gasteiger partial charge in [-0.1, -0.05) is 24.3 Å². The third-order valence-corrected chi connectivity index (χ3v) is 9.55. The van der Waals surface area contributed by atoms with Crippen molar-refractivity contribution in [2.24, 2.45) is 0 Å². The van der Waals surface area contributed by atoms with E-state index < -0.39 is 10.0 Å². The summed E-state index contributed by atoms with van der Waals surface area (Å²) in [6.45, 7) is 5.61. The average molecular weight is 588 g/mol. The van der Waals surface area contributed by atoms with Crippen LogP contribution in [-0.4, -0.2) is 46.9 Å². The number of benzene rings is 2. The molecule has 3 aromatic heterocycles. The van der Waals surface area contributed by atoms with Crippen LogP contribution in [0.25, 0.3) is 22.0 Å². The lowest BCUT2D eigenvalue weighted by molar-refractivity contribution is 0.466. The number of aromatic nitrogens is 4. The Morgan fingerprint density at radius 2 is 1.93 bits per heavy atom.